The summed E-state index contributed by atoms with van der Waals surface area (Å²) in [7, 11) is 0. The van der Waals surface area contributed by atoms with E-state index in [4.69, 9.17) is 10.8 Å². The van der Waals surface area contributed by atoms with Crippen LogP contribution < -0.4 is 5.73 Å². The predicted octanol–water partition coefficient (Wildman–Crippen LogP) is 3.38. The molecular weight excluding hydrogens is 280 g/mol. The maximum atomic E-state index is 11.0. The zero-order valence-electron chi connectivity index (χ0n) is 12.8. The highest BCUT2D eigenvalue weighted by Gasteiger charge is 2.28. The van der Waals surface area contributed by atoms with Crippen LogP contribution >= 0.6 is 0 Å². The Labute approximate surface area is 129 Å². The predicted molar refractivity (Wildman–Crippen MR) is 84.6 cm³/mol. The molecule has 3 rings (SSSR count). The Balaban J connectivity index is 2.19. The van der Waals surface area contributed by atoms with Crippen molar-refractivity contribution >= 4 is 5.69 Å². The summed E-state index contributed by atoms with van der Waals surface area (Å²) in [5.41, 5.74) is 10.2. The molecule has 0 amide bonds. The van der Waals surface area contributed by atoms with E-state index in [0.717, 1.165) is 36.1 Å². The third-order valence-electron chi connectivity index (χ3n) is 4.17. The van der Waals surface area contributed by atoms with E-state index < -0.39 is 0 Å². The Kier molecular flexibility index (Phi) is 3.70. The Morgan fingerprint density at radius 3 is 2.91 bits per heavy atom. The molecule has 2 N–H and O–H groups in total. The molecule has 116 valence electrons. The zero-order valence-corrected chi connectivity index (χ0v) is 12.8. The molecule has 0 aliphatic heterocycles. The van der Waals surface area contributed by atoms with Crippen LogP contribution in [0, 0.1) is 10.1 Å². The molecule has 22 heavy (non-hydrogen) atoms. The van der Waals surface area contributed by atoms with Gasteiger partial charge < -0.3 is 5.73 Å². The van der Waals surface area contributed by atoms with Crippen LogP contribution in [-0.2, 0) is 6.42 Å². The molecule has 1 aliphatic carbocycles. The monoisotopic (exact) mass is 300 g/mol. The Morgan fingerprint density at radius 1 is 1.45 bits per heavy atom. The maximum Gasteiger partial charge on any atom is 0.270 e. The molecule has 0 saturated heterocycles. The minimum absolute atomic E-state index is 0.0505. The molecule has 1 unspecified atom stereocenters. The molecule has 6 nitrogen and oxygen atoms in total. The van der Waals surface area contributed by atoms with Gasteiger partial charge in [-0.3, -0.25) is 14.8 Å². The fraction of sp³-hybridized carbons (Fsp3) is 0.438. The van der Waals surface area contributed by atoms with Crippen molar-refractivity contribution in [2.24, 2.45) is 5.73 Å². The van der Waals surface area contributed by atoms with E-state index in [0.29, 0.717) is 0 Å². The Hall–Kier alpha value is -2.21. The Bertz CT molecular complexity index is 721. The second-order valence-corrected chi connectivity index (χ2v) is 6.05. The van der Waals surface area contributed by atoms with E-state index in [1.807, 2.05) is 10.7 Å². The normalized spacial score (nSPS) is 17.5. The van der Waals surface area contributed by atoms with Crippen molar-refractivity contribution in [3.05, 3.63) is 45.6 Å². The highest BCUT2D eigenvalue weighted by molar-refractivity contribution is 5.67. The number of nitro benzene ring substituents is 1. The summed E-state index contributed by atoms with van der Waals surface area (Å²) in [6, 6.07) is 6.82. The fourth-order valence-electron chi connectivity index (χ4n) is 3.16. The first-order valence-electron chi connectivity index (χ1n) is 7.60. The van der Waals surface area contributed by atoms with Crippen molar-refractivity contribution in [1.82, 2.24) is 9.78 Å². The van der Waals surface area contributed by atoms with E-state index in [9.17, 15) is 10.1 Å². The van der Waals surface area contributed by atoms with Crippen molar-refractivity contribution < 1.29 is 4.92 Å². The highest BCUT2D eigenvalue weighted by atomic mass is 16.6. The van der Waals surface area contributed by atoms with E-state index in [1.165, 1.54) is 11.8 Å². The van der Waals surface area contributed by atoms with Crippen molar-refractivity contribution in [3.63, 3.8) is 0 Å². The molecule has 0 fully saturated rings. The highest BCUT2D eigenvalue weighted by Crippen LogP contribution is 2.37. The van der Waals surface area contributed by atoms with Gasteiger partial charge in [-0.25, -0.2) is 0 Å². The lowest BCUT2D eigenvalue weighted by Crippen LogP contribution is -2.19. The molecule has 0 spiro atoms. The maximum absolute atomic E-state index is 11.0. The average Bonchev–Trinajstić information content (AvgIpc) is 2.88. The molecule has 0 saturated carbocycles. The number of fused-ring (bicyclic) bond motifs is 1. The standard InChI is InChI=1S/C16H20N4O2/c1-10(2)19-14-8-4-7-13(17)15(14)16(18-19)11-5-3-6-12(9-11)20(21)22/h3,5-6,9-10,13H,4,7-8,17H2,1-2H3. The molecule has 1 atom stereocenters. The minimum atomic E-state index is -0.380. The van der Waals surface area contributed by atoms with Gasteiger partial charge in [-0.15, -0.1) is 0 Å². The molecule has 1 aromatic heterocycles. The molecule has 2 aromatic rings. The molecule has 1 heterocycles. The van der Waals surface area contributed by atoms with E-state index in [2.05, 4.69) is 13.8 Å². The van der Waals surface area contributed by atoms with Gasteiger partial charge in [-0.2, -0.15) is 5.10 Å². The molecule has 1 aromatic carbocycles. The van der Waals surface area contributed by atoms with Gasteiger partial charge in [0.15, 0.2) is 0 Å². The Morgan fingerprint density at radius 2 is 2.23 bits per heavy atom. The second-order valence-electron chi connectivity index (χ2n) is 6.05. The topological polar surface area (TPSA) is 87.0 Å². The summed E-state index contributed by atoms with van der Waals surface area (Å²) in [4.78, 5) is 10.6. The summed E-state index contributed by atoms with van der Waals surface area (Å²) < 4.78 is 2.02. The van der Waals surface area contributed by atoms with Gasteiger partial charge in [0.1, 0.15) is 0 Å². The number of benzene rings is 1. The molecule has 0 radical (unpaired) electrons. The van der Waals surface area contributed by atoms with Crippen LogP contribution in [0.25, 0.3) is 11.3 Å². The van der Waals surface area contributed by atoms with Crippen LogP contribution in [0.2, 0.25) is 0 Å². The lowest BCUT2D eigenvalue weighted by atomic mass is 9.89. The van der Waals surface area contributed by atoms with E-state index in [1.54, 1.807) is 12.1 Å². The quantitative estimate of drug-likeness (QED) is 0.695. The average molecular weight is 300 g/mol. The summed E-state index contributed by atoms with van der Waals surface area (Å²) in [6.45, 7) is 4.18. The number of non-ortho nitro benzene ring substituents is 1. The first-order chi connectivity index (χ1) is 10.5. The number of hydrogen-bond donors (Lipinski definition) is 1. The first kappa shape index (κ1) is 14.7. The number of nitro groups is 1. The van der Waals surface area contributed by atoms with Crippen molar-refractivity contribution in [2.45, 2.75) is 45.2 Å². The van der Waals surface area contributed by atoms with Gasteiger partial charge >= 0.3 is 0 Å². The minimum Gasteiger partial charge on any atom is -0.324 e. The summed E-state index contributed by atoms with van der Waals surface area (Å²) in [5.74, 6) is 0. The fourth-order valence-corrected chi connectivity index (χ4v) is 3.16. The lowest BCUT2D eigenvalue weighted by Gasteiger charge is -2.21. The third kappa shape index (κ3) is 2.39. The lowest BCUT2D eigenvalue weighted by molar-refractivity contribution is -0.384. The van der Waals surface area contributed by atoms with Crippen LogP contribution in [0.1, 0.15) is 50.0 Å². The zero-order chi connectivity index (χ0) is 15.9. The summed E-state index contributed by atoms with van der Waals surface area (Å²) in [6.07, 6.45) is 2.95. The van der Waals surface area contributed by atoms with Crippen molar-refractivity contribution in [1.29, 1.82) is 0 Å². The van der Waals surface area contributed by atoms with Gasteiger partial charge in [0, 0.05) is 41.0 Å². The number of nitrogens with zero attached hydrogens (tertiary/aromatic N) is 3. The van der Waals surface area contributed by atoms with Gasteiger partial charge in [0.05, 0.1) is 10.6 Å². The van der Waals surface area contributed by atoms with E-state index in [-0.39, 0.29) is 22.7 Å². The number of nitrogens with two attached hydrogens (primary N) is 1. The van der Waals surface area contributed by atoms with Gasteiger partial charge in [0.2, 0.25) is 0 Å². The van der Waals surface area contributed by atoms with Gasteiger partial charge in [-0.1, -0.05) is 12.1 Å². The molecular formula is C16H20N4O2. The van der Waals surface area contributed by atoms with Crippen LogP contribution in [0.5, 0.6) is 0 Å². The molecule has 6 heteroatoms. The third-order valence-corrected chi connectivity index (χ3v) is 4.17. The van der Waals surface area contributed by atoms with Crippen LogP contribution in [0.15, 0.2) is 24.3 Å². The number of hydrogen-bond acceptors (Lipinski definition) is 4. The number of rotatable bonds is 3. The molecule has 1 aliphatic rings. The van der Waals surface area contributed by atoms with Gasteiger partial charge in [-0.05, 0) is 33.1 Å². The molecule has 0 bridgehead atoms. The summed E-state index contributed by atoms with van der Waals surface area (Å²) >= 11 is 0. The number of aromatic nitrogens is 2. The van der Waals surface area contributed by atoms with Crippen molar-refractivity contribution in [2.75, 3.05) is 0 Å². The van der Waals surface area contributed by atoms with Crippen LogP contribution in [0.3, 0.4) is 0 Å². The van der Waals surface area contributed by atoms with E-state index >= 15 is 0 Å². The van der Waals surface area contributed by atoms with Crippen LogP contribution in [-0.4, -0.2) is 14.7 Å². The van der Waals surface area contributed by atoms with Gasteiger partial charge in [0.25, 0.3) is 5.69 Å². The smallest absolute Gasteiger partial charge is 0.270 e. The summed E-state index contributed by atoms with van der Waals surface area (Å²) in [5, 5.41) is 15.7. The second kappa shape index (κ2) is 5.53. The largest absolute Gasteiger partial charge is 0.324 e. The van der Waals surface area contributed by atoms with Crippen LogP contribution in [0.4, 0.5) is 5.69 Å². The SMILES string of the molecule is CC(C)n1nc(-c2cccc([N+](=O)[O-])c2)c2c1CCCC2N. The van der Waals surface area contributed by atoms with Crippen molar-refractivity contribution in [3.8, 4) is 11.3 Å². The first-order valence-corrected chi connectivity index (χ1v) is 7.60.